The average molecular weight is 307 g/mol. The van der Waals surface area contributed by atoms with Crippen molar-refractivity contribution in [1.82, 2.24) is 4.98 Å². The Morgan fingerprint density at radius 1 is 1.19 bits per heavy atom. The van der Waals surface area contributed by atoms with Crippen LogP contribution in [0.25, 0.3) is 0 Å². The van der Waals surface area contributed by atoms with Crippen LogP contribution >= 0.6 is 11.3 Å². The number of thiazole rings is 1. The predicted molar refractivity (Wildman–Crippen MR) is 75.6 cm³/mol. The van der Waals surface area contributed by atoms with E-state index < -0.39 is 18.5 Å². The van der Waals surface area contributed by atoms with Gasteiger partial charge in [0.1, 0.15) is 11.5 Å². The molecule has 6 nitrogen and oxygen atoms in total. The number of aromatic nitrogens is 1. The molecule has 21 heavy (non-hydrogen) atoms. The highest BCUT2D eigenvalue weighted by Gasteiger charge is 2.13. The Bertz CT molecular complexity index is 594. The van der Waals surface area contributed by atoms with E-state index >= 15 is 0 Å². The second-order valence-corrected chi connectivity index (χ2v) is 4.55. The molecule has 110 valence electrons. The maximum Gasteiger partial charge on any atom is 0.358 e. The predicted octanol–water partition coefficient (Wildman–Crippen LogP) is 2.30. The number of hydrogen-bond donors (Lipinski definition) is 0. The molecule has 0 saturated heterocycles. The van der Waals surface area contributed by atoms with Crippen molar-refractivity contribution in [2.75, 3.05) is 13.2 Å². The molecule has 0 spiro atoms. The topological polar surface area (TPSA) is 74.7 Å². The molecule has 1 aromatic heterocycles. The smallest absolute Gasteiger partial charge is 0.358 e. The fourth-order valence-electron chi connectivity index (χ4n) is 1.44. The molecule has 2 aromatic rings. The third kappa shape index (κ3) is 4.57. The van der Waals surface area contributed by atoms with Gasteiger partial charge in [-0.1, -0.05) is 0 Å². The van der Waals surface area contributed by atoms with Crippen molar-refractivity contribution in [2.24, 2.45) is 0 Å². The van der Waals surface area contributed by atoms with Gasteiger partial charge < -0.3 is 14.2 Å². The van der Waals surface area contributed by atoms with E-state index in [1.54, 1.807) is 29.6 Å². The van der Waals surface area contributed by atoms with Crippen LogP contribution in [-0.2, 0) is 9.53 Å². The van der Waals surface area contributed by atoms with Crippen molar-refractivity contribution >= 4 is 23.3 Å². The molecule has 0 aliphatic rings. The molecule has 0 unspecified atom stereocenters. The molecule has 1 heterocycles. The first-order valence-corrected chi connectivity index (χ1v) is 7.12. The second-order valence-electron chi connectivity index (χ2n) is 3.83. The van der Waals surface area contributed by atoms with Crippen molar-refractivity contribution in [3.8, 4) is 11.5 Å². The minimum absolute atomic E-state index is 0.175. The van der Waals surface area contributed by atoms with Gasteiger partial charge in [0.2, 0.25) is 0 Å². The van der Waals surface area contributed by atoms with Crippen LogP contribution in [0.2, 0.25) is 0 Å². The van der Waals surface area contributed by atoms with Crippen molar-refractivity contribution in [2.45, 2.75) is 6.92 Å². The summed E-state index contributed by atoms with van der Waals surface area (Å²) >= 11 is 1.27. The van der Waals surface area contributed by atoms with E-state index in [1.165, 1.54) is 16.8 Å². The lowest BCUT2D eigenvalue weighted by atomic mass is 10.3. The van der Waals surface area contributed by atoms with E-state index in [0.717, 1.165) is 0 Å². The van der Waals surface area contributed by atoms with Crippen molar-refractivity contribution in [3.63, 3.8) is 0 Å². The van der Waals surface area contributed by atoms with Gasteiger partial charge in [-0.05, 0) is 31.2 Å². The number of nitrogens with zero attached hydrogens (tertiary/aromatic N) is 1. The van der Waals surface area contributed by atoms with Crippen LogP contribution in [0.3, 0.4) is 0 Å². The Morgan fingerprint density at radius 2 is 1.90 bits per heavy atom. The molecular weight excluding hydrogens is 294 g/mol. The Balaban J connectivity index is 1.80. The molecule has 0 aliphatic carbocycles. The number of carbonyl (C=O) groups is 2. The first-order valence-electron chi connectivity index (χ1n) is 6.18. The number of esters is 2. The van der Waals surface area contributed by atoms with Gasteiger partial charge in [0.25, 0.3) is 0 Å². The number of ether oxygens (including phenoxy) is 3. The first kappa shape index (κ1) is 15.0. The van der Waals surface area contributed by atoms with Crippen molar-refractivity contribution < 1.29 is 23.8 Å². The van der Waals surface area contributed by atoms with Crippen LogP contribution in [0.4, 0.5) is 0 Å². The molecule has 0 radical (unpaired) electrons. The van der Waals surface area contributed by atoms with Gasteiger partial charge in [0, 0.05) is 5.38 Å². The normalized spacial score (nSPS) is 9.95. The number of benzene rings is 1. The Morgan fingerprint density at radius 3 is 2.52 bits per heavy atom. The summed E-state index contributed by atoms with van der Waals surface area (Å²) in [5.41, 5.74) is 1.68. The fraction of sp³-hybridized carbons (Fsp3) is 0.214. The number of hydrogen-bond acceptors (Lipinski definition) is 7. The maximum absolute atomic E-state index is 11.5. The Hall–Kier alpha value is -2.41. The SMILES string of the molecule is CCOc1ccc(OC(=O)COC(=O)c2cscn2)cc1. The van der Waals surface area contributed by atoms with Gasteiger partial charge in [0.15, 0.2) is 12.3 Å². The minimum Gasteiger partial charge on any atom is -0.494 e. The zero-order chi connectivity index (χ0) is 15.1. The molecule has 0 N–H and O–H groups in total. The van der Waals surface area contributed by atoms with E-state index in [1.807, 2.05) is 6.92 Å². The highest BCUT2D eigenvalue weighted by Crippen LogP contribution is 2.17. The average Bonchev–Trinajstić information content (AvgIpc) is 3.01. The summed E-state index contributed by atoms with van der Waals surface area (Å²) < 4.78 is 15.1. The van der Waals surface area contributed by atoms with E-state index in [4.69, 9.17) is 14.2 Å². The standard InChI is InChI=1S/C14H13NO5S/c1-2-18-10-3-5-11(6-4-10)20-13(16)7-19-14(17)12-8-21-9-15-12/h3-6,8-9H,2,7H2,1H3. The summed E-state index contributed by atoms with van der Waals surface area (Å²) in [6.45, 7) is 1.97. The molecule has 0 bridgehead atoms. The monoisotopic (exact) mass is 307 g/mol. The van der Waals surface area contributed by atoms with Gasteiger partial charge in [-0.25, -0.2) is 14.6 Å². The number of carbonyl (C=O) groups excluding carboxylic acids is 2. The lowest BCUT2D eigenvalue weighted by Crippen LogP contribution is -2.19. The van der Waals surface area contributed by atoms with E-state index in [9.17, 15) is 9.59 Å². The van der Waals surface area contributed by atoms with Gasteiger partial charge in [-0.15, -0.1) is 11.3 Å². The lowest BCUT2D eigenvalue weighted by molar-refractivity contribution is -0.137. The summed E-state index contributed by atoms with van der Waals surface area (Å²) in [5, 5.41) is 1.54. The second kappa shape index (κ2) is 7.39. The van der Waals surface area contributed by atoms with Crippen LogP contribution in [0.5, 0.6) is 11.5 Å². The molecule has 0 fully saturated rings. The first-order chi connectivity index (χ1) is 10.2. The Labute approximate surface area is 125 Å². The summed E-state index contributed by atoms with van der Waals surface area (Å²) in [7, 11) is 0. The van der Waals surface area contributed by atoms with Crippen LogP contribution in [0.1, 0.15) is 17.4 Å². The third-order valence-corrected chi connectivity index (χ3v) is 2.92. The highest BCUT2D eigenvalue weighted by molar-refractivity contribution is 7.07. The zero-order valence-electron chi connectivity index (χ0n) is 11.3. The van der Waals surface area contributed by atoms with E-state index in [2.05, 4.69) is 4.98 Å². The summed E-state index contributed by atoms with van der Waals surface area (Å²) in [5.74, 6) is -0.275. The fourth-order valence-corrected chi connectivity index (χ4v) is 1.96. The van der Waals surface area contributed by atoms with Crippen molar-refractivity contribution in [3.05, 3.63) is 40.8 Å². The van der Waals surface area contributed by atoms with Crippen molar-refractivity contribution in [1.29, 1.82) is 0 Å². The van der Waals surface area contributed by atoms with Crippen LogP contribution in [-0.4, -0.2) is 30.1 Å². The minimum atomic E-state index is -0.664. The molecule has 1 aromatic carbocycles. The van der Waals surface area contributed by atoms with E-state index in [-0.39, 0.29) is 5.69 Å². The van der Waals surface area contributed by atoms with Gasteiger partial charge in [-0.3, -0.25) is 0 Å². The summed E-state index contributed by atoms with van der Waals surface area (Å²) in [4.78, 5) is 26.8. The third-order valence-electron chi connectivity index (χ3n) is 2.33. The molecule has 7 heteroatoms. The van der Waals surface area contributed by atoms with Gasteiger partial charge in [0.05, 0.1) is 12.1 Å². The molecule has 0 amide bonds. The largest absolute Gasteiger partial charge is 0.494 e. The lowest BCUT2D eigenvalue weighted by Gasteiger charge is -2.06. The maximum atomic E-state index is 11.5. The molecule has 0 saturated carbocycles. The number of rotatable bonds is 6. The zero-order valence-corrected chi connectivity index (χ0v) is 12.1. The van der Waals surface area contributed by atoms with Crippen LogP contribution in [0, 0.1) is 0 Å². The quantitative estimate of drug-likeness (QED) is 0.602. The highest BCUT2D eigenvalue weighted by atomic mass is 32.1. The van der Waals surface area contributed by atoms with Gasteiger partial charge in [-0.2, -0.15) is 0 Å². The van der Waals surface area contributed by atoms with Crippen LogP contribution in [0.15, 0.2) is 35.2 Å². The van der Waals surface area contributed by atoms with Gasteiger partial charge >= 0.3 is 11.9 Å². The summed E-state index contributed by atoms with van der Waals surface area (Å²) in [6.07, 6.45) is 0. The molecular formula is C14H13NO5S. The van der Waals surface area contributed by atoms with Crippen LogP contribution < -0.4 is 9.47 Å². The molecule has 2 rings (SSSR count). The molecule has 0 aliphatic heterocycles. The summed E-state index contributed by atoms with van der Waals surface area (Å²) in [6, 6.07) is 6.58. The van der Waals surface area contributed by atoms with E-state index in [0.29, 0.717) is 18.1 Å². The Kier molecular flexibility index (Phi) is 5.28. The molecule has 0 atom stereocenters.